The minimum atomic E-state index is -0.889. The number of aromatic nitrogens is 1. The number of hydrogen-bond acceptors (Lipinski definition) is 9. The number of carbonyl (C=O) groups is 4. The summed E-state index contributed by atoms with van der Waals surface area (Å²) >= 11 is 1.58. The summed E-state index contributed by atoms with van der Waals surface area (Å²) in [6.45, 7) is 16.1. The van der Waals surface area contributed by atoms with E-state index in [-0.39, 0.29) is 55.3 Å². The molecule has 3 saturated heterocycles. The number of aliphatic hydroxyl groups excluding tert-OH is 1. The van der Waals surface area contributed by atoms with Gasteiger partial charge in [0.1, 0.15) is 17.7 Å². The Morgan fingerprint density at radius 2 is 1.72 bits per heavy atom. The Hall–Kier alpha value is -3.55. The van der Waals surface area contributed by atoms with Gasteiger partial charge < -0.3 is 30.3 Å². The van der Waals surface area contributed by atoms with E-state index in [9.17, 15) is 24.3 Å². The molecular weight excluding hydrogens is 620 g/mol. The Balaban J connectivity index is 1.13. The van der Waals surface area contributed by atoms with Crippen molar-refractivity contribution in [3.05, 3.63) is 41.0 Å². The topological polar surface area (TPSA) is 144 Å². The summed E-state index contributed by atoms with van der Waals surface area (Å²) in [7, 11) is 0. The summed E-state index contributed by atoms with van der Waals surface area (Å²) in [5.41, 5.74) is 3.55. The second-order valence-corrected chi connectivity index (χ2v) is 16.3. The van der Waals surface area contributed by atoms with E-state index in [2.05, 4.69) is 15.6 Å². The highest BCUT2D eigenvalue weighted by molar-refractivity contribution is 7.13. The molecule has 4 amide bonds. The molecule has 1 unspecified atom stereocenters. The molecule has 3 N–H and O–H groups in total. The quantitative estimate of drug-likeness (QED) is 0.390. The summed E-state index contributed by atoms with van der Waals surface area (Å²) in [6.07, 6.45) is -1.03. The number of thiazole rings is 1. The molecule has 3 aliphatic heterocycles. The van der Waals surface area contributed by atoms with Crippen LogP contribution in [-0.4, -0.2) is 112 Å². The second kappa shape index (κ2) is 13.2. The lowest BCUT2D eigenvalue weighted by atomic mass is 9.73. The Bertz CT molecular complexity index is 1480. The fourth-order valence-corrected chi connectivity index (χ4v) is 7.43. The summed E-state index contributed by atoms with van der Waals surface area (Å²) in [5, 5.41) is 16.4. The Labute approximate surface area is 280 Å². The molecule has 0 radical (unpaired) electrons. The zero-order valence-corrected chi connectivity index (χ0v) is 29.3. The largest absolute Gasteiger partial charge is 0.444 e. The van der Waals surface area contributed by atoms with Crippen molar-refractivity contribution in [1.29, 1.82) is 0 Å². The number of carbonyl (C=O) groups excluding carboxylic acids is 4. The van der Waals surface area contributed by atoms with Gasteiger partial charge in [-0.3, -0.25) is 19.3 Å². The highest BCUT2D eigenvalue weighted by Crippen LogP contribution is 2.40. The monoisotopic (exact) mass is 668 g/mol. The lowest BCUT2D eigenvalue weighted by Crippen LogP contribution is -2.73. The van der Waals surface area contributed by atoms with Crippen molar-refractivity contribution in [3.63, 3.8) is 0 Å². The van der Waals surface area contributed by atoms with Crippen molar-refractivity contribution in [1.82, 2.24) is 30.3 Å². The van der Waals surface area contributed by atoms with Crippen LogP contribution < -0.4 is 10.6 Å². The Morgan fingerprint density at radius 3 is 2.30 bits per heavy atom. The van der Waals surface area contributed by atoms with E-state index >= 15 is 0 Å². The predicted octanol–water partition coefficient (Wildman–Crippen LogP) is 2.78. The van der Waals surface area contributed by atoms with Gasteiger partial charge in [0.05, 0.1) is 28.7 Å². The number of amides is 4. The van der Waals surface area contributed by atoms with Gasteiger partial charge in [-0.05, 0) is 44.2 Å². The van der Waals surface area contributed by atoms with Crippen LogP contribution in [0.5, 0.6) is 0 Å². The summed E-state index contributed by atoms with van der Waals surface area (Å²) in [4.78, 5) is 63.3. The zero-order valence-electron chi connectivity index (χ0n) is 28.5. The first-order chi connectivity index (χ1) is 21.9. The van der Waals surface area contributed by atoms with Crippen LogP contribution >= 0.6 is 11.3 Å². The molecule has 0 aliphatic carbocycles. The van der Waals surface area contributed by atoms with Gasteiger partial charge in [0.2, 0.25) is 17.7 Å². The molecule has 1 aromatic carbocycles. The molecular formula is C34H48N6O6S. The molecule has 256 valence electrons. The fraction of sp³-hybridized carbons (Fsp3) is 0.618. The third kappa shape index (κ3) is 8.13. The molecule has 3 fully saturated rings. The van der Waals surface area contributed by atoms with E-state index in [4.69, 9.17) is 4.74 Å². The van der Waals surface area contributed by atoms with Crippen LogP contribution in [0.2, 0.25) is 0 Å². The average Bonchev–Trinajstić information content (AvgIpc) is 3.54. The van der Waals surface area contributed by atoms with Crippen LogP contribution in [0.15, 0.2) is 29.8 Å². The van der Waals surface area contributed by atoms with E-state index in [0.29, 0.717) is 26.2 Å². The van der Waals surface area contributed by atoms with E-state index < -0.39 is 29.2 Å². The van der Waals surface area contributed by atoms with E-state index in [1.807, 2.05) is 83.1 Å². The first kappa shape index (κ1) is 34.8. The third-order valence-corrected chi connectivity index (χ3v) is 9.88. The average molecular weight is 669 g/mol. The number of aryl methyl sites for hydroxylation is 1. The van der Waals surface area contributed by atoms with Gasteiger partial charge in [-0.1, -0.05) is 45.0 Å². The molecule has 1 aromatic heterocycles. The molecule has 13 heteroatoms. The number of benzene rings is 1. The molecule has 12 nitrogen and oxygen atoms in total. The zero-order chi connectivity index (χ0) is 34.3. The molecule has 4 heterocycles. The summed E-state index contributed by atoms with van der Waals surface area (Å²) in [5.74, 6) is -1.02. The second-order valence-electron chi connectivity index (χ2n) is 15.4. The fourth-order valence-electron chi connectivity index (χ4n) is 6.62. The van der Waals surface area contributed by atoms with Gasteiger partial charge >= 0.3 is 6.09 Å². The summed E-state index contributed by atoms with van der Waals surface area (Å²) in [6, 6.07) is 6.17. The van der Waals surface area contributed by atoms with Crippen molar-refractivity contribution in [3.8, 4) is 10.4 Å². The van der Waals surface area contributed by atoms with Crippen molar-refractivity contribution in [2.24, 2.45) is 10.8 Å². The highest BCUT2D eigenvalue weighted by atomic mass is 32.1. The smallest absolute Gasteiger partial charge is 0.410 e. The third-order valence-electron chi connectivity index (χ3n) is 8.90. The number of nitrogens with zero attached hydrogens (tertiary/aromatic N) is 4. The van der Waals surface area contributed by atoms with Gasteiger partial charge in [-0.2, -0.15) is 0 Å². The Morgan fingerprint density at radius 1 is 1.06 bits per heavy atom. The number of hydrogen-bond donors (Lipinski definition) is 3. The molecule has 47 heavy (non-hydrogen) atoms. The van der Waals surface area contributed by atoms with Gasteiger partial charge in [0.25, 0.3) is 0 Å². The molecule has 0 saturated carbocycles. The number of rotatable bonds is 8. The summed E-state index contributed by atoms with van der Waals surface area (Å²) < 4.78 is 5.45. The maximum Gasteiger partial charge on any atom is 0.410 e. The maximum atomic E-state index is 13.9. The van der Waals surface area contributed by atoms with Gasteiger partial charge in [-0.15, -0.1) is 11.3 Å². The number of ether oxygens (including phenoxy) is 1. The van der Waals surface area contributed by atoms with Crippen LogP contribution in [0.3, 0.4) is 0 Å². The predicted molar refractivity (Wildman–Crippen MR) is 178 cm³/mol. The number of nitrogens with one attached hydrogen (secondary N) is 2. The SMILES string of the molecule is Cc1ncsc1-c1ccc(CNC(=O)[C@@H]2C[C@@H](O)CN2C(=O)C(NC(=O)CN2CC3(C2)CN(C(=O)OC(C)(C)C)C3)C(C)(C)C)cc1. The molecule has 2 aromatic rings. The van der Waals surface area contributed by atoms with E-state index in [0.717, 1.165) is 21.7 Å². The molecule has 3 atom stereocenters. The molecule has 3 aliphatic rings. The number of aliphatic hydroxyl groups is 1. The highest BCUT2D eigenvalue weighted by Gasteiger charge is 2.54. The molecule has 0 bridgehead atoms. The minimum Gasteiger partial charge on any atom is -0.444 e. The van der Waals surface area contributed by atoms with Crippen molar-refractivity contribution < 1.29 is 29.0 Å². The number of likely N-dealkylation sites (tertiary alicyclic amines) is 3. The van der Waals surface area contributed by atoms with E-state index in [1.54, 1.807) is 16.2 Å². The molecule has 5 rings (SSSR count). The Kier molecular flexibility index (Phi) is 9.74. The first-order valence-electron chi connectivity index (χ1n) is 16.2. The van der Waals surface area contributed by atoms with Crippen LogP contribution in [0, 0.1) is 17.8 Å². The van der Waals surface area contributed by atoms with Crippen molar-refractivity contribution >= 4 is 35.2 Å². The van der Waals surface area contributed by atoms with Gasteiger partial charge in [-0.25, -0.2) is 9.78 Å². The van der Waals surface area contributed by atoms with Gasteiger partial charge in [0, 0.05) is 51.1 Å². The van der Waals surface area contributed by atoms with Crippen LogP contribution in [0.4, 0.5) is 4.79 Å². The standard InChI is InChI=1S/C34H48N6O6S/c1-21-27(47-20-36-21)23-10-8-22(9-11-23)13-35-29(43)25-12-24(41)14-40(25)30(44)28(32(2,3)4)37-26(42)15-38-16-34(17-38)18-39(19-34)31(45)46-33(5,6)7/h8-11,20,24-25,28,41H,12-19H2,1-7H3,(H,35,43)(H,37,42)/t24-,25+,28?/m1/s1. The normalized spacial score (nSPS) is 21.5. The van der Waals surface area contributed by atoms with E-state index in [1.165, 1.54) is 4.90 Å². The van der Waals surface area contributed by atoms with Crippen LogP contribution in [-0.2, 0) is 25.7 Å². The van der Waals surface area contributed by atoms with Gasteiger partial charge in [0.15, 0.2) is 0 Å². The van der Waals surface area contributed by atoms with Crippen LogP contribution in [0.25, 0.3) is 10.4 Å². The maximum absolute atomic E-state index is 13.9. The van der Waals surface area contributed by atoms with Crippen LogP contribution in [0.1, 0.15) is 59.2 Å². The number of β-amino-alcohol motifs (C(OH)–C–C–N with tert-alkyl or cyclic N) is 1. The first-order valence-corrected chi connectivity index (χ1v) is 17.1. The van der Waals surface area contributed by atoms with Crippen molar-refractivity contribution in [2.45, 2.75) is 85.2 Å². The minimum absolute atomic E-state index is 0.0189. The molecule has 1 spiro atoms. The van der Waals surface area contributed by atoms with Crippen molar-refractivity contribution in [2.75, 3.05) is 39.3 Å². The lowest BCUT2D eigenvalue weighted by Gasteiger charge is -2.59. The lowest BCUT2D eigenvalue weighted by molar-refractivity contribution is -0.146.